The summed E-state index contributed by atoms with van der Waals surface area (Å²) in [6.07, 6.45) is 5.07. The molecule has 7 heteroatoms. The molecule has 27 heavy (non-hydrogen) atoms. The third-order valence-electron chi connectivity index (χ3n) is 5.92. The molecule has 5 nitrogen and oxygen atoms in total. The van der Waals surface area contributed by atoms with Gasteiger partial charge < -0.3 is 16.0 Å². The van der Waals surface area contributed by atoms with Gasteiger partial charge in [-0.2, -0.15) is 0 Å². The van der Waals surface area contributed by atoms with E-state index in [1.54, 1.807) is 0 Å². The van der Waals surface area contributed by atoms with Crippen LogP contribution in [0, 0.1) is 17.7 Å². The van der Waals surface area contributed by atoms with Crippen molar-refractivity contribution < 1.29 is 14.0 Å². The van der Waals surface area contributed by atoms with Gasteiger partial charge in [0, 0.05) is 30.2 Å². The fourth-order valence-electron chi connectivity index (χ4n) is 4.16. The molecule has 2 aliphatic rings. The maximum absolute atomic E-state index is 13.2. The fraction of sp³-hybridized carbons (Fsp3) is 0.600. The van der Waals surface area contributed by atoms with E-state index in [2.05, 4.69) is 5.32 Å². The topological polar surface area (TPSA) is 75.4 Å². The zero-order valence-corrected chi connectivity index (χ0v) is 16.4. The quantitative estimate of drug-likeness (QED) is 0.821. The van der Waals surface area contributed by atoms with E-state index in [1.807, 2.05) is 11.8 Å². The van der Waals surface area contributed by atoms with Crippen LogP contribution in [0.25, 0.3) is 0 Å². The summed E-state index contributed by atoms with van der Waals surface area (Å²) in [5.74, 6) is -0.808. The van der Waals surface area contributed by atoms with Gasteiger partial charge in [0.2, 0.25) is 11.8 Å². The smallest absolute Gasteiger partial charge is 0.227 e. The molecule has 1 aliphatic carbocycles. The lowest BCUT2D eigenvalue weighted by molar-refractivity contribution is -0.141. The minimum absolute atomic E-state index is 0.0227. The zero-order valence-electron chi connectivity index (χ0n) is 15.6. The number of nitrogens with two attached hydrogens (primary N) is 1. The predicted octanol–water partition coefficient (Wildman–Crippen LogP) is 3.56. The first-order chi connectivity index (χ1) is 12.8. The van der Waals surface area contributed by atoms with Gasteiger partial charge in [-0.05, 0) is 50.8 Å². The number of amides is 2. The van der Waals surface area contributed by atoms with E-state index >= 15 is 0 Å². The number of carbonyl (C=O) groups is 2. The number of rotatable bonds is 3. The van der Waals surface area contributed by atoms with E-state index < -0.39 is 11.4 Å². The van der Waals surface area contributed by atoms with E-state index in [-0.39, 0.29) is 28.7 Å². The maximum Gasteiger partial charge on any atom is 0.227 e. The van der Waals surface area contributed by atoms with Gasteiger partial charge in [-0.1, -0.05) is 24.4 Å². The number of hydrogen-bond donors (Lipinski definition) is 2. The SMILES string of the molecule is CC1(N)CCCCC1C(=O)N1CCC(C(=O)Nc2ccc(F)c(Cl)c2)CC1. The summed E-state index contributed by atoms with van der Waals surface area (Å²) in [6, 6.07) is 4.12. The monoisotopic (exact) mass is 395 g/mol. The number of halogens is 2. The number of anilines is 1. The van der Waals surface area contributed by atoms with Crippen molar-refractivity contribution in [1.29, 1.82) is 0 Å². The molecule has 1 aromatic carbocycles. The summed E-state index contributed by atoms with van der Waals surface area (Å²) in [6.45, 7) is 3.10. The maximum atomic E-state index is 13.2. The van der Waals surface area contributed by atoms with Crippen LogP contribution in [0.2, 0.25) is 5.02 Å². The Morgan fingerprint density at radius 3 is 2.59 bits per heavy atom. The third-order valence-corrected chi connectivity index (χ3v) is 6.21. The second-order valence-corrected chi connectivity index (χ2v) is 8.43. The van der Waals surface area contributed by atoms with Crippen molar-refractivity contribution in [2.75, 3.05) is 18.4 Å². The summed E-state index contributed by atoms with van der Waals surface area (Å²) < 4.78 is 13.2. The summed E-state index contributed by atoms with van der Waals surface area (Å²) in [7, 11) is 0. The first kappa shape index (κ1) is 20.1. The van der Waals surface area contributed by atoms with Crippen molar-refractivity contribution in [3.8, 4) is 0 Å². The van der Waals surface area contributed by atoms with Crippen LogP contribution in [0.4, 0.5) is 10.1 Å². The molecule has 1 heterocycles. The molecule has 2 unspecified atom stereocenters. The summed E-state index contributed by atoms with van der Waals surface area (Å²) in [4.78, 5) is 27.2. The second kappa shape index (κ2) is 8.15. The molecule has 2 atom stereocenters. The molecule has 0 bridgehead atoms. The molecule has 2 fully saturated rings. The molecule has 0 aromatic heterocycles. The first-order valence-electron chi connectivity index (χ1n) is 9.61. The lowest BCUT2D eigenvalue weighted by Gasteiger charge is -2.41. The number of piperidine rings is 1. The number of carbonyl (C=O) groups excluding carboxylic acids is 2. The Labute approximate surface area is 164 Å². The summed E-state index contributed by atoms with van der Waals surface area (Å²) in [5.41, 5.74) is 6.40. The molecule has 3 N–H and O–H groups in total. The highest BCUT2D eigenvalue weighted by Gasteiger charge is 2.40. The molecule has 1 saturated carbocycles. The molecular formula is C20H27ClFN3O2. The van der Waals surface area contributed by atoms with Crippen LogP contribution in [0.5, 0.6) is 0 Å². The number of benzene rings is 1. The van der Waals surface area contributed by atoms with Crippen molar-refractivity contribution >= 4 is 29.1 Å². The highest BCUT2D eigenvalue weighted by Crippen LogP contribution is 2.34. The molecular weight excluding hydrogens is 369 g/mol. The molecule has 0 radical (unpaired) electrons. The Hall–Kier alpha value is -1.66. The van der Waals surface area contributed by atoms with E-state index in [9.17, 15) is 14.0 Å². The Morgan fingerprint density at radius 1 is 1.26 bits per heavy atom. The minimum Gasteiger partial charge on any atom is -0.342 e. The van der Waals surface area contributed by atoms with Crippen LogP contribution in [0.3, 0.4) is 0 Å². The van der Waals surface area contributed by atoms with Crippen LogP contribution in [-0.2, 0) is 9.59 Å². The number of likely N-dealkylation sites (tertiary alicyclic amines) is 1. The van der Waals surface area contributed by atoms with Crippen molar-refractivity contribution in [3.63, 3.8) is 0 Å². The summed E-state index contributed by atoms with van der Waals surface area (Å²) in [5, 5.41) is 2.76. The van der Waals surface area contributed by atoms with Crippen molar-refractivity contribution in [1.82, 2.24) is 4.90 Å². The van der Waals surface area contributed by atoms with Crippen molar-refractivity contribution in [3.05, 3.63) is 29.0 Å². The normalized spacial score (nSPS) is 26.7. The standard InChI is InChI=1S/C20H27ClFN3O2/c1-20(23)9-3-2-4-15(20)19(27)25-10-7-13(8-11-25)18(26)24-14-5-6-17(22)16(21)12-14/h5-6,12-13,15H,2-4,7-11,23H2,1H3,(H,24,26). The van der Waals surface area contributed by atoms with Gasteiger partial charge in [0.05, 0.1) is 10.9 Å². The van der Waals surface area contributed by atoms with E-state index in [4.69, 9.17) is 17.3 Å². The van der Waals surface area contributed by atoms with Gasteiger partial charge in [0.15, 0.2) is 0 Å². The lowest BCUT2D eigenvalue weighted by atomic mass is 9.73. The Bertz CT molecular complexity index is 717. The van der Waals surface area contributed by atoms with Crippen LogP contribution < -0.4 is 11.1 Å². The Balaban J connectivity index is 1.54. The van der Waals surface area contributed by atoms with Crippen molar-refractivity contribution in [2.45, 2.75) is 51.0 Å². The fourth-order valence-corrected chi connectivity index (χ4v) is 4.35. The third kappa shape index (κ3) is 4.61. The summed E-state index contributed by atoms with van der Waals surface area (Å²) >= 11 is 5.75. The number of hydrogen-bond acceptors (Lipinski definition) is 3. The predicted molar refractivity (Wildman–Crippen MR) is 104 cm³/mol. The average Bonchev–Trinajstić information content (AvgIpc) is 2.64. The van der Waals surface area contributed by atoms with Gasteiger partial charge in [0.25, 0.3) is 0 Å². The molecule has 1 aromatic rings. The largest absolute Gasteiger partial charge is 0.342 e. The highest BCUT2D eigenvalue weighted by molar-refractivity contribution is 6.31. The van der Waals surface area contributed by atoms with Crippen LogP contribution in [0.15, 0.2) is 18.2 Å². The first-order valence-corrected chi connectivity index (χ1v) is 9.99. The highest BCUT2D eigenvalue weighted by atomic mass is 35.5. The van der Waals surface area contributed by atoms with E-state index in [0.717, 1.165) is 25.7 Å². The van der Waals surface area contributed by atoms with E-state index in [1.165, 1.54) is 18.2 Å². The molecule has 1 aliphatic heterocycles. The molecule has 2 amide bonds. The van der Waals surface area contributed by atoms with Crippen molar-refractivity contribution in [2.24, 2.45) is 17.6 Å². The van der Waals surface area contributed by atoms with Crippen LogP contribution in [-0.4, -0.2) is 35.3 Å². The Kier molecular flexibility index (Phi) is 6.06. The van der Waals surface area contributed by atoms with Crippen LogP contribution in [0.1, 0.15) is 45.4 Å². The van der Waals surface area contributed by atoms with Gasteiger partial charge in [-0.3, -0.25) is 9.59 Å². The van der Waals surface area contributed by atoms with Gasteiger partial charge in [-0.15, -0.1) is 0 Å². The van der Waals surface area contributed by atoms with Gasteiger partial charge >= 0.3 is 0 Å². The zero-order chi connectivity index (χ0) is 19.6. The molecule has 0 spiro atoms. The second-order valence-electron chi connectivity index (χ2n) is 8.02. The average molecular weight is 396 g/mol. The molecule has 3 rings (SSSR count). The number of nitrogens with one attached hydrogen (secondary N) is 1. The van der Waals surface area contributed by atoms with Crippen LogP contribution >= 0.6 is 11.6 Å². The van der Waals surface area contributed by atoms with E-state index in [0.29, 0.717) is 31.6 Å². The Morgan fingerprint density at radius 2 is 1.96 bits per heavy atom. The lowest BCUT2D eigenvalue weighted by Crippen LogP contribution is -2.55. The van der Waals surface area contributed by atoms with Gasteiger partial charge in [-0.25, -0.2) is 4.39 Å². The number of nitrogens with zero attached hydrogens (tertiary/aromatic N) is 1. The minimum atomic E-state index is -0.517. The van der Waals surface area contributed by atoms with Gasteiger partial charge in [0.1, 0.15) is 5.82 Å². The molecule has 1 saturated heterocycles. The molecule has 148 valence electrons.